The summed E-state index contributed by atoms with van der Waals surface area (Å²) in [6, 6.07) is 20.0. The molecular weight excluding hydrogens is 464 g/mol. The van der Waals surface area contributed by atoms with Crippen LogP contribution in [0.1, 0.15) is 25.0 Å². The molecule has 0 unspecified atom stereocenters. The van der Waals surface area contributed by atoms with E-state index in [2.05, 4.69) is 22.4 Å². The van der Waals surface area contributed by atoms with E-state index in [-0.39, 0.29) is 5.91 Å². The van der Waals surface area contributed by atoms with Crippen LogP contribution in [0, 0.1) is 0 Å². The van der Waals surface area contributed by atoms with E-state index in [1.807, 2.05) is 68.6 Å². The van der Waals surface area contributed by atoms with Gasteiger partial charge in [0, 0.05) is 52.3 Å². The Labute approximate surface area is 215 Å². The molecule has 5 aromatic rings. The lowest BCUT2D eigenvalue weighted by molar-refractivity contribution is -0.116. The molecule has 2 N–H and O–H groups in total. The Morgan fingerprint density at radius 3 is 2.68 bits per heavy atom. The minimum absolute atomic E-state index is 0.140. The Morgan fingerprint density at radius 2 is 1.89 bits per heavy atom. The van der Waals surface area contributed by atoms with E-state index in [0.717, 1.165) is 50.9 Å². The molecule has 3 aromatic carbocycles. The molecule has 6 heteroatoms. The number of H-pyrrole nitrogens is 1. The summed E-state index contributed by atoms with van der Waals surface area (Å²) in [6.45, 7) is 5.05. The van der Waals surface area contributed by atoms with Crippen LogP contribution in [0.2, 0.25) is 0 Å². The van der Waals surface area contributed by atoms with E-state index in [0.29, 0.717) is 18.9 Å². The third-order valence-electron chi connectivity index (χ3n) is 6.51. The van der Waals surface area contributed by atoms with Gasteiger partial charge >= 0.3 is 0 Å². The second-order valence-corrected chi connectivity index (χ2v) is 8.88. The first kappa shape index (κ1) is 24.3. The van der Waals surface area contributed by atoms with Crippen molar-refractivity contribution in [2.45, 2.75) is 20.3 Å². The minimum Gasteiger partial charge on any atom is -0.496 e. The van der Waals surface area contributed by atoms with Crippen molar-refractivity contribution < 1.29 is 18.7 Å². The van der Waals surface area contributed by atoms with Gasteiger partial charge in [0.25, 0.3) is 0 Å². The number of carbonyl (C=O) groups excluding carboxylic acids is 1. The quantitative estimate of drug-likeness (QED) is 0.222. The summed E-state index contributed by atoms with van der Waals surface area (Å²) in [4.78, 5) is 16.0. The largest absolute Gasteiger partial charge is 0.496 e. The first-order chi connectivity index (χ1) is 18.1. The third kappa shape index (κ3) is 5.09. The molecule has 2 aromatic heterocycles. The predicted octanol–water partition coefficient (Wildman–Crippen LogP) is 6.75. The van der Waals surface area contributed by atoms with Gasteiger partial charge in [0.05, 0.1) is 20.0 Å². The molecule has 5 rings (SSSR count). The van der Waals surface area contributed by atoms with Crippen molar-refractivity contribution in [2.75, 3.05) is 20.3 Å². The van der Waals surface area contributed by atoms with Crippen molar-refractivity contribution in [2.24, 2.45) is 0 Å². The van der Waals surface area contributed by atoms with Crippen molar-refractivity contribution in [1.29, 1.82) is 0 Å². The summed E-state index contributed by atoms with van der Waals surface area (Å²) < 4.78 is 17.0. The van der Waals surface area contributed by atoms with Gasteiger partial charge in [-0.05, 0) is 61.2 Å². The summed E-state index contributed by atoms with van der Waals surface area (Å²) in [5.74, 6) is 1.34. The number of para-hydroxylation sites is 1. The molecule has 37 heavy (non-hydrogen) atoms. The monoisotopic (exact) mass is 494 g/mol. The summed E-state index contributed by atoms with van der Waals surface area (Å²) in [5.41, 5.74) is 6.65. The molecule has 0 saturated heterocycles. The number of hydrogen-bond donors (Lipinski definition) is 2. The molecule has 0 saturated carbocycles. The molecule has 188 valence electrons. The van der Waals surface area contributed by atoms with Gasteiger partial charge in [0.1, 0.15) is 17.1 Å². The van der Waals surface area contributed by atoms with Gasteiger partial charge in [0.2, 0.25) is 5.91 Å². The average Bonchev–Trinajstić information content (AvgIpc) is 3.52. The fourth-order valence-corrected chi connectivity index (χ4v) is 4.64. The minimum atomic E-state index is -0.140. The topological polar surface area (TPSA) is 76.5 Å². The summed E-state index contributed by atoms with van der Waals surface area (Å²) in [5, 5.41) is 5.14. The number of rotatable bonds is 9. The Hall–Kier alpha value is -4.45. The molecule has 0 atom stereocenters. The fourth-order valence-electron chi connectivity index (χ4n) is 4.64. The maximum atomic E-state index is 12.7. The molecule has 0 fully saturated rings. The Kier molecular flexibility index (Phi) is 6.99. The predicted molar refractivity (Wildman–Crippen MR) is 148 cm³/mol. The van der Waals surface area contributed by atoms with Crippen LogP contribution < -0.4 is 14.8 Å². The molecule has 1 amide bonds. The standard InChI is InChI=1S/C31H30N2O4/c1-4-36-23-11-9-21(10-12-23)27-19-37-30-17-29(35-3)25(16-26(27)30)20(2)15-31(34)32-14-13-22-18-33-28-8-6-5-7-24(22)28/h5-12,15-19,33H,4,13-14H2,1-3H3,(H,32,34)/b20-15+. The summed E-state index contributed by atoms with van der Waals surface area (Å²) in [7, 11) is 1.62. The molecule has 0 aliphatic rings. The molecule has 0 spiro atoms. The lowest BCUT2D eigenvalue weighted by atomic mass is 9.99. The second kappa shape index (κ2) is 10.7. The van der Waals surface area contributed by atoms with Crippen LogP contribution >= 0.6 is 0 Å². The van der Waals surface area contributed by atoms with Gasteiger partial charge in [-0.15, -0.1) is 0 Å². The highest BCUT2D eigenvalue weighted by molar-refractivity contribution is 6.00. The number of fused-ring (bicyclic) bond motifs is 2. The molecule has 0 aliphatic carbocycles. The highest BCUT2D eigenvalue weighted by Crippen LogP contribution is 2.37. The third-order valence-corrected chi connectivity index (χ3v) is 6.51. The van der Waals surface area contributed by atoms with Crippen LogP contribution in [-0.4, -0.2) is 31.2 Å². The van der Waals surface area contributed by atoms with Crippen molar-refractivity contribution >= 4 is 33.4 Å². The zero-order chi connectivity index (χ0) is 25.8. The molecule has 6 nitrogen and oxygen atoms in total. The van der Waals surface area contributed by atoms with Crippen LogP contribution in [0.5, 0.6) is 11.5 Å². The van der Waals surface area contributed by atoms with Crippen LogP contribution in [0.25, 0.3) is 38.6 Å². The maximum absolute atomic E-state index is 12.7. The van der Waals surface area contributed by atoms with E-state index in [1.54, 1.807) is 19.4 Å². The average molecular weight is 495 g/mol. The van der Waals surface area contributed by atoms with Gasteiger partial charge in [-0.3, -0.25) is 4.79 Å². The number of amides is 1. The van der Waals surface area contributed by atoms with E-state index in [1.165, 1.54) is 10.9 Å². The first-order valence-electron chi connectivity index (χ1n) is 12.4. The SMILES string of the molecule is CCOc1ccc(-c2coc3cc(OC)c(/C(C)=C/C(=O)NCCc4c[nH]c5ccccc45)cc23)cc1. The number of carbonyl (C=O) groups is 1. The van der Waals surface area contributed by atoms with E-state index in [4.69, 9.17) is 13.9 Å². The number of methoxy groups -OCH3 is 1. The smallest absolute Gasteiger partial charge is 0.244 e. The molecule has 2 heterocycles. The molecule has 0 aliphatic heterocycles. The Bertz CT molecular complexity index is 1570. The van der Waals surface area contributed by atoms with Gasteiger partial charge < -0.3 is 24.2 Å². The number of nitrogens with one attached hydrogen (secondary N) is 2. The zero-order valence-corrected chi connectivity index (χ0v) is 21.3. The van der Waals surface area contributed by atoms with E-state index in [9.17, 15) is 4.79 Å². The summed E-state index contributed by atoms with van der Waals surface area (Å²) >= 11 is 0. The number of hydrogen-bond acceptors (Lipinski definition) is 4. The van der Waals surface area contributed by atoms with Crippen LogP contribution in [0.4, 0.5) is 0 Å². The number of ether oxygens (including phenoxy) is 2. The highest BCUT2D eigenvalue weighted by Gasteiger charge is 2.15. The summed E-state index contributed by atoms with van der Waals surface area (Å²) in [6.07, 6.45) is 6.12. The first-order valence-corrected chi connectivity index (χ1v) is 12.4. The van der Waals surface area contributed by atoms with Crippen LogP contribution in [0.15, 0.2) is 83.6 Å². The number of allylic oxidation sites excluding steroid dienone is 1. The molecular formula is C31H30N2O4. The number of aromatic amines is 1. The Balaban J connectivity index is 1.35. The van der Waals surface area contributed by atoms with E-state index < -0.39 is 0 Å². The van der Waals surface area contributed by atoms with Crippen LogP contribution in [0.3, 0.4) is 0 Å². The van der Waals surface area contributed by atoms with Crippen molar-refractivity contribution in [3.05, 3.63) is 90.3 Å². The van der Waals surface area contributed by atoms with Gasteiger partial charge in [-0.2, -0.15) is 0 Å². The van der Waals surface area contributed by atoms with E-state index >= 15 is 0 Å². The second-order valence-electron chi connectivity index (χ2n) is 8.88. The fraction of sp³-hybridized carbons (Fsp3) is 0.194. The van der Waals surface area contributed by atoms with Crippen molar-refractivity contribution in [3.63, 3.8) is 0 Å². The van der Waals surface area contributed by atoms with Gasteiger partial charge in [0.15, 0.2) is 0 Å². The molecule has 0 bridgehead atoms. The normalized spacial score (nSPS) is 11.7. The highest BCUT2D eigenvalue weighted by atomic mass is 16.5. The van der Waals surface area contributed by atoms with Gasteiger partial charge in [-0.1, -0.05) is 30.3 Å². The lowest BCUT2D eigenvalue weighted by Gasteiger charge is -2.10. The zero-order valence-electron chi connectivity index (χ0n) is 21.3. The number of aromatic nitrogens is 1. The maximum Gasteiger partial charge on any atom is 0.244 e. The number of furan rings is 1. The Morgan fingerprint density at radius 1 is 1.08 bits per heavy atom. The van der Waals surface area contributed by atoms with Crippen LogP contribution in [-0.2, 0) is 11.2 Å². The van der Waals surface area contributed by atoms with Gasteiger partial charge in [-0.25, -0.2) is 0 Å². The van der Waals surface area contributed by atoms with Crippen molar-refractivity contribution in [3.8, 4) is 22.6 Å². The van der Waals surface area contributed by atoms with Crippen molar-refractivity contribution in [1.82, 2.24) is 10.3 Å². The lowest BCUT2D eigenvalue weighted by Crippen LogP contribution is -2.23. The molecule has 0 radical (unpaired) electrons. The number of benzene rings is 3.